The highest BCUT2D eigenvalue weighted by Crippen LogP contribution is 2.28. The lowest BCUT2D eigenvalue weighted by Crippen LogP contribution is -2.47. The first kappa shape index (κ1) is 22.4. The van der Waals surface area contributed by atoms with Crippen LogP contribution in [0.3, 0.4) is 0 Å². The number of carbonyl (C=O) groups excluding carboxylic acids is 1. The monoisotopic (exact) mass is 483 g/mol. The van der Waals surface area contributed by atoms with E-state index in [1.165, 1.54) is 6.07 Å². The first-order chi connectivity index (χ1) is 16.5. The van der Waals surface area contributed by atoms with E-state index in [1.807, 2.05) is 24.3 Å². The molecule has 2 N–H and O–H groups in total. The highest BCUT2D eigenvalue weighted by molar-refractivity contribution is 6.30. The second-order valence-electron chi connectivity index (χ2n) is 7.97. The van der Waals surface area contributed by atoms with Crippen molar-refractivity contribution in [2.75, 3.05) is 25.0 Å². The van der Waals surface area contributed by atoms with Gasteiger partial charge in [0.25, 0.3) is 5.91 Å². The van der Waals surface area contributed by atoms with Crippen LogP contribution in [0.1, 0.15) is 5.56 Å². The maximum atomic E-state index is 14.3. The number of benzene rings is 2. The number of aromatic amines is 1. The zero-order valence-electron chi connectivity index (χ0n) is 17.9. The molecule has 1 fully saturated rings. The summed E-state index contributed by atoms with van der Waals surface area (Å²) < 4.78 is 34.1. The summed E-state index contributed by atoms with van der Waals surface area (Å²) in [5, 5.41) is 11.0. The van der Waals surface area contributed by atoms with Gasteiger partial charge in [0.15, 0.2) is 0 Å². The first-order valence-corrected chi connectivity index (χ1v) is 11.0. The molecule has 1 unspecified atom stereocenters. The molecule has 4 aromatic rings. The number of rotatable bonds is 5. The molecule has 2 aromatic heterocycles. The third-order valence-electron chi connectivity index (χ3n) is 5.75. The summed E-state index contributed by atoms with van der Waals surface area (Å²) in [5.74, 6) is -1.80. The van der Waals surface area contributed by atoms with Crippen molar-refractivity contribution >= 4 is 34.1 Å². The van der Waals surface area contributed by atoms with Crippen molar-refractivity contribution in [3.8, 4) is 11.3 Å². The number of hydrogen-bond donors (Lipinski definition) is 2. The predicted octanol–water partition coefficient (Wildman–Crippen LogP) is 4.40. The Morgan fingerprint density at radius 2 is 2.03 bits per heavy atom. The highest BCUT2D eigenvalue weighted by Gasteiger charge is 2.28. The molecule has 0 spiro atoms. The van der Waals surface area contributed by atoms with E-state index in [0.717, 1.165) is 28.2 Å². The highest BCUT2D eigenvalue weighted by atomic mass is 35.5. The van der Waals surface area contributed by atoms with Gasteiger partial charge in [-0.3, -0.25) is 19.8 Å². The minimum atomic E-state index is -0.793. The second-order valence-corrected chi connectivity index (χ2v) is 8.38. The summed E-state index contributed by atoms with van der Waals surface area (Å²) in [6, 6.07) is 11.5. The molecule has 10 heteroatoms. The summed E-state index contributed by atoms with van der Waals surface area (Å²) in [6.45, 7) is 0.870. The number of pyridine rings is 1. The van der Waals surface area contributed by atoms with E-state index < -0.39 is 17.7 Å². The third kappa shape index (κ3) is 4.50. The molecule has 1 aliphatic heterocycles. The van der Waals surface area contributed by atoms with Crippen LogP contribution < -0.4 is 5.32 Å². The average Bonchev–Trinajstić information content (AvgIpc) is 3.28. The van der Waals surface area contributed by atoms with Gasteiger partial charge in [-0.2, -0.15) is 5.10 Å². The van der Waals surface area contributed by atoms with Crippen molar-refractivity contribution in [2.45, 2.75) is 12.6 Å². The number of morpholine rings is 1. The van der Waals surface area contributed by atoms with Gasteiger partial charge in [-0.15, -0.1) is 0 Å². The van der Waals surface area contributed by atoms with Gasteiger partial charge in [0, 0.05) is 54.2 Å². The van der Waals surface area contributed by atoms with Gasteiger partial charge in [-0.25, -0.2) is 8.78 Å². The van der Waals surface area contributed by atoms with E-state index >= 15 is 0 Å². The zero-order chi connectivity index (χ0) is 23.7. The summed E-state index contributed by atoms with van der Waals surface area (Å²) in [4.78, 5) is 18.7. The molecule has 34 heavy (non-hydrogen) atoms. The van der Waals surface area contributed by atoms with E-state index in [2.05, 4.69) is 20.5 Å². The molecule has 1 atom stereocenters. The Labute approximate surface area is 198 Å². The number of hydrogen-bond acceptors (Lipinski definition) is 5. The lowest BCUT2D eigenvalue weighted by Gasteiger charge is -2.32. The number of amides is 1. The maximum Gasteiger partial charge on any atom is 0.254 e. The van der Waals surface area contributed by atoms with E-state index in [0.29, 0.717) is 12.2 Å². The fourth-order valence-electron chi connectivity index (χ4n) is 3.99. The number of H-pyrrole nitrogens is 1. The van der Waals surface area contributed by atoms with Gasteiger partial charge >= 0.3 is 0 Å². The Kier molecular flexibility index (Phi) is 6.23. The standard InChI is InChI=1S/C24H20ClF2N5O2/c25-18-2-3-19(26)17(22(18)27)12-32-9-10-34-21(13-32)24(33)29-15-1-4-20-16(11-15)23(31-30-20)14-5-7-28-8-6-14/h1-8,11,21H,9-10,12-13H2,(H,29,33)(H,30,31). The molecule has 2 aromatic carbocycles. The smallest absolute Gasteiger partial charge is 0.254 e. The van der Waals surface area contributed by atoms with Crippen LogP contribution in [0.15, 0.2) is 54.9 Å². The van der Waals surface area contributed by atoms with E-state index in [9.17, 15) is 13.6 Å². The van der Waals surface area contributed by atoms with Crippen LogP contribution in [-0.4, -0.2) is 51.8 Å². The Balaban J connectivity index is 1.30. The predicted molar refractivity (Wildman–Crippen MR) is 124 cm³/mol. The van der Waals surface area contributed by atoms with Crippen LogP contribution in [0.4, 0.5) is 14.5 Å². The van der Waals surface area contributed by atoms with Gasteiger partial charge in [-0.05, 0) is 42.5 Å². The zero-order valence-corrected chi connectivity index (χ0v) is 18.6. The fraction of sp³-hybridized carbons (Fsp3) is 0.208. The van der Waals surface area contributed by atoms with Crippen molar-refractivity contribution in [3.63, 3.8) is 0 Å². The van der Waals surface area contributed by atoms with Crippen LogP contribution in [0, 0.1) is 11.6 Å². The molecule has 1 amide bonds. The Morgan fingerprint density at radius 3 is 2.85 bits per heavy atom. The fourth-order valence-corrected chi connectivity index (χ4v) is 4.16. The van der Waals surface area contributed by atoms with E-state index in [4.69, 9.17) is 16.3 Å². The van der Waals surface area contributed by atoms with Crippen molar-refractivity contribution < 1.29 is 18.3 Å². The molecule has 5 rings (SSSR count). The number of ether oxygens (including phenoxy) is 1. The average molecular weight is 484 g/mol. The first-order valence-electron chi connectivity index (χ1n) is 10.7. The Hall–Kier alpha value is -3.40. The van der Waals surface area contributed by atoms with Crippen LogP contribution in [-0.2, 0) is 16.1 Å². The number of anilines is 1. The molecule has 0 bridgehead atoms. The topological polar surface area (TPSA) is 83.1 Å². The molecule has 0 aliphatic carbocycles. The molecular formula is C24H20ClF2N5O2. The number of aromatic nitrogens is 3. The third-order valence-corrected chi connectivity index (χ3v) is 6.04. The molecule has 1 saturated heterocycles. The van der Waals surface area contributed by atoms with Crippen molar-refractivity contribution in [1.82, 2.24) is 20.1 Å². The Bertz CT molecular complexity index is 1350. The minimum Gasteiger partial charge on any atom is -0.366 e. The Morgan fingerprint density at radius 1 is 1.21 bits per heavy atom. The van der Waals surface area contributed by atoms with E-state index in [1.54, 1.807) is 23.4 Å². The molecule has 0 radical (unpaired) electrons. The van der Waals surface area contributed by atoms with Crippen molar-refractivity contribution in [1.29, 1.82) is 0 Å². The lowest BCUT2D eigenvalue weighted by molar-refractivity contribution is -0.133. The van der Waals surface area contributed by atoms with Crippen LogP contribution in [0.25, 0.3) is 22.2 Å². The summed E-state index contributed by atoms with van der Waals surface area (Å²) in [7, 11) is 0. The quantitative estimate of drug-likeness (QED) is 0.411. The van der Waals surface area contributed by atoms with Gasteiger partial charge < -0.3 is 10.1 Å². The van der Waals surface area contributed by atoms with Crippen molar-refractivity contribution in [3.05, 3.63) is 77.1 Å². The summed E-state index contributed by atoms with van der Waals surface area (Å²) in [5.41, 5.74) is 2.94. The number of carbonyl (C=O) groups is 1. The molecule has 174 valence electrons. The summed E-state index contributed by atoms with van der Waals surface area (Å²) in [6.07, 6.45) is 2.59. The van der Waals surface area contributed by atoms with Crippen molar-refractivity contribution in [2.24, 2.45) is 0 Å². The minimum absolute atomic E-state index is 0.0123. The molecule has 3 heterocycles. The SMILES string of the molecule is O=C(Nc1ccc2[nH]nc(-c3ccncc3)c2c1)C1CN(Cc2c(F)ccc(Cl)c2F)CCO1. The largest absolute Gasteiger partial charge is 0.366 e. The van der Waals surface area contributed by atoms with Crippen LogP contribution in [0.2, 0.25) is 5.02 Å². The van der Waals surface area contributed by atoms with Crippen LogP contribution in [0.5, 0.6) is 0 Å². The number of nitrogens with zero attached hydrogens (tertiary/aromatic N) is 3. The summed E-state index contributed by atoms with van der Waals surface area (Å²) >= 11 is 5.80. The molecule has 1 aliphatic rings. The van der Waals surface area contributed by atoms with Gasteiger partial charge in [0.05, 0.1) is 17.1 Å². The van der Waals surface area contributed by atoms with Gasteiger partial charge in [0.2, 0.25) is 0 Å². The lowest BCUT2D eigenvalue weighted by atomic mass is 10.1. The second kappa shape index (κ2) is 9.46. The number of fused-ring (bicyclic) bond motifs is 1. The van der Waals surface area contributed by atoms with E-state index in [-0.39, 0.29) is 36.2 Å². The molecule has 7 nitrogen and oxygen atoms in total. The normalized spacial score (nSPS) is 16.6. The number of halogens is 3. The van der Waals surface area contributed by atoms with Gasteiger partial charge in [0.1, 0.15) is 23.4 Å². The van der Waals surface area contributed by atoms with Crippen LogP contribution >= 0.6 is 11.6 Å². The number of nitrogens with one attached hydrogen (secondary N) is 2. The maximum absolute atomic E-state index is 14.3. The molecule has 0 saturated carbocycles. The molecular weight excluding hydrogens is 464 g/mol. The van der Waals surface area contributed by atoms with Gasteiger partial charge in [-0.1, -0.05) is 11.6 Å².